The lowest BCUT2D eigenvalue weighted by Crippen LogP contribution is -2.40. The molecule has 0 saturated heterocycles. The summed E-state index contributed by atoms with van der Waals surface area (Å²) >= 11 is 0. The summed E-state index contributed by atoms with van der Waals surface area (Å²) < 4.78 is 30.9. The van der Waals surface area contributed by atoms with Crippen LogP contribution in [-0.4, -0.2) is 33.4 Å². The van der Waals surface area contributed by atoms with Crippen LogP contribution in [0.2, 0.25) is 0 Å². The van der Waals surface area contributed by atoms with Gasteiger partial charge in [-0.3, -0.25) is 15.0 Å². The fraction of sp³-hybridized carbons (Fsp3) is 0.273. The van der Waals surface area contributed by atoms with E-state index in [0.29, 0.717) is 0 Å². The number of hydrogen-bond donors (Lipinski definition) is 3. The molecule has 1 aromatic carbocycles. The van der Waals surface area contributed by atoms with Gasteiger partial charge in [0.15, 0.2) is 0 Å². The third-order valence-electron chi connectivity index (χ3n) is 2.44. The minimum atomic E-state index is -4.07. The van der Waals surface area contributed by atoms with Gasteiger partial charge in [-0.2, -0.15) is 4.72 Å². The fourth-order valence-electron chi connectivity index (χ4n) is 1.49. The molecule has 0 bridgehead atoms. The molecule has 0 fully saturated rings. The lowest BCUT2D eigenvalue weighted by molar-refractivity contribution is -0.142. The van der Waals surface area contributed by atoms with Crippen molar-refractivity contribution in [2.75, 3.05) is 7.11 Å². The van der Waals surface area contributed by atoms with Gasteiger partial charge >= 0.3 is 5.97 Å². The molecular formula is C11H15N3O5S. The molecule has 0 spiro atoms. The van der Waals surface area contributed by atoms with Crippen molar-refractivity contribution in [3.63, 3.8) is 0 Å². The van der Waals surface area contributed by atoms with E-state index in [1.165, 1.54) is 31.2 Å². The Labute approximate surface area is 116 Å². The summed E-state index contributed by atoms with van der Waals surface area (Å²) in [4.78, 5) is 22.5. The number of nitrogens with one attached hydrogen (secondary N) is 2. The first-order chi connectivity index (χ1) is 9.33. The van der Waals surface area contributed by atoms with E-state index < -0.39 is 27.9 Å². The minimum Gasteiger partial charge on any atom is -0.468 e. The van der Waals surface area contributed by atoms with Gasteiger partial charge in [0.25, 0.3) is 5.91 Å². The summed E-state index contributed by atoms with van der Waals surface area (Å²) in [6.45, 7) is 1.33. The quantitative estimate of drug-likeness (QED) is 0.281. The second-order valence-electron chi connectivity index (χ2n) is 3.84. The smallest absolute Gasteiger partial charge is 0.323 e. The monoisotopic (exact) mass is 301 g/mol. The first kappa shape index (κ1) is 16.1. The number of ether oxygens (including phenoxy) is 1. The highest BCUT2D eigenvalue weighted by Gasteiger charge is 2.26. The van der Waals surface area contributed by atoms with Crippen molar-refractivity contribution in [2.45, 2.75) is 17.9 Å². The van der Waals surface area contributed by atoms with Gasteiger partial charge in [-0.25, -0.2) is 14.3 Å². The van der Waals surface area contributed by atoms with Crippen molar-refractivity contribution in [3.05, 3.63) is 29.8 Å². The highest BCUT2D eigenvalue weighted by molar-refractivity contribution is 7.89. The van der Waals surface area contributed by atoms with Gasteiger partial charge < -0.3 is 4.74 Å². The van der Waals surface area contributed by atoms with Crippen LogP contribution in [0.1, 0.15) is 17.3 Å². The van der Waals surface area contributed by atoms with E-state index in [9.17, 15) is 18.0 Å². The summed E-state index contributed by atoms with van der Waals surface area (Å²) in [5, 5.41) is 0. The SMILES string of the molecule is COC(=O)C(C)NS(=O)(=O)c1ccccc1C(=O)NN. The van der Waals surface area contributed by atoms with E-state index in [0.717, 1.165) is 7.11 Å². The largest absolute Gasteiger partial charge is 0.468 e. The molecule has 0 heterocycles. The van der Waals surface area contributed by atoms with Crippen molar-refractivity contribution >= 4 is 21.9 Å². The van der Waals surface area contributed by atoms with Crippen LogP contribution in [0.3, 0.4) is 0 Å². The third kappa shape index (κ3) is 3.53. The molecule has 1 rings (SSSR count). The summed E-state index contributed by atoms with van der Waals surface area (Å²) in [6.07, 6.45) is 0. The number of amides is 1. The topological polar surface area (TPSA) is 128 Å². The second-order valence-corrected chi connectivity index (χ2v) is 5.52. The average Bonchev–Trinajstić information content (AvgIpc) is 2.44. The Balaban J connectivity index is 3.17. The molecule has 1 amide bonds. The number of esters is 1. The Bertz CT molecular complexity index is 614. The number of hydrazine groups is 1. The Morgan fingerprint density at radius 2 is 1.90 bits per heavy atom. The third-order valence-corrected chi connectivity index (χ3v) is 4.04. The van der Waals surface area contributed by atoms with Gasteiger partial charge in [0.2, 0.25) is 10.0 Å². The van der Waals surface area contributed by atoms with Crippen LogP contribution in [-0.2, 0) is 19.6 Å². The first-order valence-corrected chi connectivity index (χ1v) is 7.02. The molecule has 4 N–H and O–H groups in total. The van der Waals surface area contributed by atoms with E-state index >= 15 is 0 Å². The number of rotatable bonds is 5. The molecule has 0 aliphatic carbocycles. The Hall–Kier alpha value is -1.97. The Morgan fingerprint density at radius 1 is 1.30 bits per heavy atom. The van der Waals surface area contributed by atoms with Gasteiger partial charge in [-0.1, -0.05) is 12.1 Å². The number of methoxy groups -OCH3 is 1. The molecule has 110 valence electrons. The van der Waals surface area contributed by atoms with Gasteiger partial charge in [0.1, 0.15) is 6.04 Å². The molecule has 0 aromatic heterocycles. The average molecular weight is 301 g/mol. The minimum absolute atomic E-state index is 0.125. The van der Waals surface area contributed by atoms with Crippen LogP contribution in [0.4, 0.5) is 0 Å². The van der Waals surface area contributed by atoms with Crippen molar-refractivity contribution in [2.24, 2.45) is 5.84 Å². The lowest BCUT2D eigenvalue weighted by Gasteiger charge is -2.14. The van der Waals surface area contributed by atoms with Crippen LogP contribution in [0.5, 0.6) is 0 Å². The van der Waals surface area contributed by atoms with Crippen LogP contribution in [0.15, 0.2) is 29.2 Å². The molecule has 1 atom stereocenters. The second kappa shape index (κ2) is 6.46. The van der Waals surface area contributed by atoms with Crippen molar-refractivity contribution in [3.8, 4) is 0 Å². The summed E-state index contributed by atoms with van der Waals surface area (Å²) in [7, 11) is -2.93. The van der Waals surface area contributed by atoms with Crippen molar-refractivity contribution < 1.29 is 22.7 Å². The van der Waals surface area contributed by atoms with E-state index in [1.807, 2.05) is 5.43 Å². The number of nitrogen functional groups attached to an aromatic ring is 1. The summed E-state index contributed by atoms with van der Waals surface area (Å²) in [6, 6.07) is 4.40. The number of benzene rings is 1. The van der Waals surface area contributed by atoms with Crippen LogP contribution in [0, 0.1) is 0 Å². The molecular weight excluding hydrogens is 286 g/mol. The fourth-order valence-corrected chi connectivity index (χ4v) is 2.88. The normalized spacial score (nSPS) is 12.6. The highest BCUT2D eigenvalue weighted by atomic mass is 32.2. The van der Waals surface area contributed by atoms with Crippen LogP contribution < -0.4 is 16.0 Å². The van der Waals surface area contributed by atoms with E-state index in [2.05, 4.69) is 9.46 Å². The maximum Gasteiger partial charge on any atom is 0.323 e. The maximum atomic E-state index is 12.2. The highest BCUT2D eigenvalue weighted by Crippen LogP contribution is 2.15. The van der Waals surface area contributed by atoms with Crippen LogP contribution >= 0.6 is 0 Å². The first-order valence-electron chi connectivity index (χ1n) is 5.53. The summed E-state index contributed by atoms with van der Waals surface area (Å²) in [5.41, 5.74) is 1.73. The van der Waals surface area contributed by atoms with Gasteiger partial charge in [0.05, 0.1) is 17.6 Å². The van der Waals surface area contributed by atoms with Crippen LogP contribution in [0.25, 0.3) is 0 Å². The predicted octanol–water partition coefficient (Wildman–Crippen LogP) is -0.870. The van der Waals surface area contributed by atoms with E-state index in [1.54, 1.807) is 0 Å². The molecule has 1 unspecified atom stereocenters. The Kier molecular flexibility index (Phi) is 5.19. The molecule has 1 aromatic rings. The van der Waals surface area contributed by atoms with Gasteiger partial charge in [-0.05, 0) is 19.1 Å². The van der Waals surface area contributed by atoms with Gasteiger partial charge in [-0.15, -0.1) is 0 Å². The van der Waals surface area contributed by atoms with E-state index in [-0.39, 0.29) is 10.5 Å². The molecule has 0 aliphatic rings. The van der Waals surface area contributed by atoms with Crippen molar-refractivity contribution in [1.82, 2.24) is 10.1 Å². The predicted molar refractivity (Wildman–Crippen MR) is 69.9 cm³/mol. The molecule has 9 heteroatoms. The molecule has 0 radical (unpaired) electrons. The van der Waals surface area contributed by atoms with E-state index in [4.69, 9.17) is 5.84 Å². The van der Waals surface area contributed by atoms with Gasteiger partial charge in [0, 0.05) is 0 Å². The standard InChI is InChI=1S/C11H15N3O5S/c1-7(11(16)19-2)14-20(17,18)9-6-4-3-5-8(9)10(15)13-12/h3-7,14H,12H2,1-2H3,(H,13,15). The molecule has 0 aliphatic heterocycles. The molecule has 20 heavy (non-hydrogen) atoms. The lowest BCUT2D eigenvalue weighted by atomic mass is 10.2. The number of hydrogen-bond acceptors (Lipinski definition) is 6. The number of nitrogens with two attached hydrogens (primary N) is 1. The molecule has 0 saturated carbocycles. The number of carbonyl (C=O) groups is 2. The maximum absolute atomic E-state index is 12.2. The molecule has 8 nitrogen and oxygen atoms in total. The summed E-state index contributed by atoms with van der Waals surface area (Å²) in [5.74, 6) is 3.50. The number of sulfonamides is 1. The Morgan fingerprint density at radius 3 is 2.45 bits per heavy atom. The van der Waals surface area contributed by atoms with Crippen molar-refractivity contribution in [1.29, 1.82) is 0 Å². The zero-order valence-electron chi connectivity index (χ0n) is 10.9. The number of carbonyl (C=O) groups excluding carboxylic acids is 2. The zero-order valence-corrected chi connectivity index (χ0v) is 11.7. The zero-order chi connectivity index (χ0) is 15.3.